The third kappa shape index (κ3) is 3.78. The van der Waals surface area contributed by atoms with Crippen LogP contribution >= 0.6 is 0 Å². The van der Waals surface area contributed by atoms with Crippen molar-refractivity contribution >= 4 is 22.7 Å². The molecule has 5 heteroatoms. The molecule has 0 bridgehead atoms. The average Bonchev–Trinajstić information content (AvgIpc) is 2.82. The van der Waals surface area contributed by atoms with Crippen molar-refractivity contribution in [1.82, 2.24) is 10.3 Å². The van der Waals surface area contributed by atoms with Crippen LogP contribution in [0.5, 0.6) is 0 Å². The SMILES string of the molecule is CCC(NC(=O)c1cc(-c2ccccc2)nc2ccccc12)(C(N)=O)c1ccccc1. The van der Waals surface area contributed by atoms with Crippen LogP contribution in [0.1, 0.15) is 29.3 Å². The van der Waals surface area contributed by atoms with E-state index in [2.05, 4.69) is 5.32 Å². The van der Waals surface area contributed by atoms with E-state index in [9.17, 15) is 9.59 Å². The molecular weight excluding hydrogens is 386 g/mol. The Bertz CT molecular complexity index is 1240. The first kappa shape index (κ1) is 20.3. The number of nitrogens with zero attached hydrogens (tertiary/aromatic N) is 1. The van der Waals surface area contributed by atoms with Gasteiger partial charge in [-0.25, -0.2) is 4.98 Å². The molecule has 31 heavy (non-hydrogen) atoms. The minimum absolute atomic E-state index is 0.326. The molecule has 0 aliphatic rings. The van der Waals surface area contributed by atoms with E-state index in [1.165, 1.54) is 0 Å². The standard InChI is InChI=1S/C26H23N3O2/c1-2-26(25(27)31,19-13-7-4-8-14-19)29-24(30)21-17-23(18-11-5-3-6-12-18)28-22-16-10-9-15-20(21)22/h3-17H,2H2,1H3,(H2,27,31)(H,29,30). The first-order valence-corrected chi connectivity index (χ1v) is 10.2. The molecule has 2 amide bonds. The second-order valence-electron chi connectivity index (χ2n) is 7.38. The third-order valence-corrected chi connectivity index (χ3v) is 5.57. The van der Waals surface area contributed by atoms with Gasteiger partial charge in [-0.15, -0.1) is 0 Å². The minimum atomic E-state index is -1.31. The molecule has 0 radical (unpaired) electrons. The first-order valence-electron chi connectivity index (χ1n) is 10.2. The Kier molecular flexibility index (Phi) is 5.50. The van der Waals surface area contributed by atoms with Gasteiger partial charge in [0.05, 0.1) is 16.8 Å². The lowest BCUT2D eigenvalue weighted by Crippen LogP contribution is -2.54. The van der Waals surface area contributed by atoms with Gasteiger partial charge in [-0.3, -0.25) is 9.59 Å². The summed E-state index contributed by atoms with van der Waals surface area (Å²) in [6.45, 7) is 1.83. The Hall–Kier alpha value is -3.99. The first-order chi connectivity index (χ1) is 15.0. The van der Waals surface area contributed by atoms with Gasteiger partial charge < -0.3 is 11.1 Å². The maximum Gasteiger partial charge on any atom is 0.253 e. The average molecular weight is 409 g/mol. The van der Waals surface area contributed by atoms with Crippen molar-refractivity contribution in [2.24, 2.45) is 5.73 Å². The highest BCUT2D eigenvalue weighted by Gasteiger charge is 2.38. The van der Waals surface area contributed by atoms with Gasteiger partial charge in [0.15, 0.2) is 0 Å². The summed E-state index contributed by atoms with van der Waals surface area (Å²) >= 11 is 0. The summed E-state index contributed by atoms with van der Waals surface area (Å²) in [6.07, 6.45) is 0.326. The molecule has 3 N–H and O–H groups in total. The number of nitrogens with two attached hydrogens (primary N) is 1. The van der Waals surface area contributed by atoms with Crippen molar-refractivity contribution in [1.29, 1.82) is 0 Å². The Morgan fingerprint density at radius 3 is 2.16 bits per heavy atom. The molecule has 3 aromatic carbocycles. The highest BCUT2D eigenvalue weighted by atomic mass is 16.2. The number of fused-ring (bicyclic) bond motifs is 1. The van der Waals surface area contributed by atoms with Crippen molar-refractivity contribution in [2.75, 3.05) is 0 Å². The lowest BCUT2D eigenvalue weighted by atomic mass is 9.86. The summed E-state index contributed by atoms with van der Waals surface area (Å²) in [5, 5.41) is 3.65. The zero-order valence-corrected chi connectivity index (χ0v) is 17.2. The van der Waals surface area contributed by atoms with E-state index in [0.717, 1.165) is 5.56 Å². The maximum atomic E-state index is 13.5. The fourth-order valence-corrected chi connectivity index (χ4v) is 3.85. The summed E-state index contributed by atoms with van der Waals surface area (Å²) in [5.74, 6) is -0.975. The molecule has 1 aromatic heterocycles. The minimum Gasteiger partial charge on any atom is -0.367 e. The molecule has 0 fully saturated rings. The van der Waals surface area contributed by atoms with Crippen LogP contribution in [0.4, 0.5) is 0 Å². The normalized spacial score (nSPS) is 12.8. The molecule has 5 nitrogen and oxygen atoms in total. The molecule has 0 saturated carbocycles. The summed E-state index contributed by atoms with van der Waals surface area (Å²) < 4.78 is 0. The van der Waals surface area contributed by atoms with E-state index in [4.69, 9.17) is 10.7 Å². The summed E-state index contributed by atoms with van der Waals surface area (Å²) in [6, 6.07) is 28.0. The highest BCUT2D eigenvalue weighted by molar-refractivity contribution is 6.09. The van der Waals surface area contributed by atoms with Crippen LogP contribution in [0.3, 0.4) is 0 Å². The van der Waals surface area contributed by atoms with Crippen LogP contribution in [0.2, 0.25) is 0 Å². The second kappa shape index (κ2) is 8.40. The predicted molar refractivity (Wildman–Crippen MR) is 122 cm³/mol. The summed E-state index contributed by atoms with van der Waals surface area (Å²) in [7, 11) is 0. The topological polar surface area (TPSA) is 85.1 Å². The van der Waals surface area contributed by atoms with Crippen LogP contribution < -0.4 is 11.1 Å². The van der Waals surface area contributed by atoms with Crippen molar-refractivity contribution in [3.05, 3.63) is 102 Å². The molecule has 0 aliphatic heterocycles. The van der Waals surface area contributed by atoms with E-state index in [1.54, 1.807) is 18.2 Å². The van der Waals surface area contributed by atoms with Crippen LogP contribution in [-0.2, 0) is 10.3 Å². The molecule has 1 atom stereocenters. The predicted octanol–water partition coefficient (Wildman–Crippen LogP) is 4.42. The molecule has 4 rings (SSSR count). The van der Waals surface area contributed by atoms with Crippen LogP contribution in [-0.4, -0.2) is 16.8 Å². The van der Waals surface area contributed by atoms with Gasteiger partial charge in [-0.05, 0) is 24.1 Å². The highest BCUT2D eigenvalue weighted by Crippen LogP contribution is 2.28. The third-order valence-electron chi connectivity index (χ3n) is 5.57. The van der Waals surface area contributed by atoms with Gasteiger partial charge in [-0.1, -0.05) is 85.8 Å². The fraction of sp³-hybridized carbons (Fsp3) is 0.115. The number of aromatic nitrogens is 1. The van der Waals surface area contributed by atoms with E-state index >= 15 is 0 Å². The number of benzene rings is 3. The molecule has 154 valence electrons. The van der Waals surface area contributed by atoms with Crippen LogP contribution in [0.15, 0.2) is 91.0 Å². The Morgan fingerprint density at radius 2 is 1.52 bits per heavy atom. The van der Waals surface area contributed by atoms with E-state index in [0.29, 0.717) is 34.1 Å². The number of rotatable bonds is 6. The van der Waals surface area contributed by atoms with Gasteiger partial charge in [0.1, 0.15) is 5.54 Å². The van der Waals surface area contributed by atoms with E-state index in [1.807, 2.05) is 79.7 Å². The zero-order valence-electron chi connectivity index (χ0n) is 17.2. The lowest BCUT2D eigenvalue weighted by Gasteiger charge is -2.31. The second-order valence-corrected chi connectivity index (χ2v) is 7.38. The van der Waals surface area contributed by atoms with Crippen LogP contribution in [0.25, 0.3) is 22.2 Å². The van der Waals surface area contributed by atoms with E-state index < -0.39 is 11.4 Å². The number of amides is 2. The van der Waals surface area contributed by atoms with Gasteiger partial charge >= 0.3 is 0 Å². The molecular formula is C26H23N3O2. The van der Waals surface area contributed by atoms with Gasteiger partial charge in [0.25, 0.3) is 5.91 Å². The van der Waals surface area contributed by atoms with Crippen molar-refractivity contribution in [2.45, 2.75) is 18.9 Å². The number of primary amides is 1. The summed E-state index contributed by atoms with van der Waals surface area (Å²) in [5.41, 5.74) is 7.89. The molecule has 0 saturated heterocycles. The molecule has 4 aromatic rings. The Labute approximate surface area is 180 Å². The Morgan fingerprint density at radius 1 is 0.903 bits per heavy atom. The number of hydrogen-bond donors (Lipinski definition) is 2. The summed E-state index contributed by atoms with van der Waals surface area (Å²) in [4.78, 5) is 30.8. The van der Waals surface area contributed by atoms with Gasteiger partial charge in [0.2, 0.25) is 5.91 Å². The zero-order chi connectivity index (χ0) is 21.8. The number of pyridine rings is 1. The molecule has 0 aliphatic carbocycles. The largest absolute Gasteiger partial charge is 0.367 e. The van der Waals surface area contributed by atoms with Gasteiger partial charge in [0, 0.05) is 10.9 Å². The quantitative estimate of drug-likeness (QED) is 0.494. The lowest BCUT2D eigenvalue weighted by molar-refractivity contribution is -0.124. The van der Waals surface area contributed by atoms with E-state index in [-0.39, 0.29) is 5.91 Å². The number of carbonyl (C=O) groups is 2. The number of para-hydroxylation sites is 1. The van der Waals surface area contributed by atoms with Crippen molar-refractivity contribution < 1.29 is 9.59 Å². The molecule has 0 spiro atoms. The monoisotopic (exact) mass is 409 g/mol. The van der Waals surface area contributed by atoms with Crippen molar-refractivity contribution in [3.63, 3.8) is 0 Å². The number of carbonyl (C=O) groups excluding carboxylic acids is 2. The Balaban J connectivity index is 1.84. The van der Waals surface area contributed by atoms with Crippen molar-refractivity contribution in [3.8, 4) is 11.3 Å². The molecule has 1 heterocycles. The smallest absolute Gasteiger partial charge is 0.253 e. The number of hydrogen-bond acceptors (Lipinski definition) is 3. The molecule has 1 unspecified atom stereocenters. The van der Waals surface area contributed by atoms with Crippen LogP contribution in [0, 0.1) is 0 Å². The fourth-order valence-electron chi connectivity index (χ4n) is 3.85. The number of nitrogens with one attached hydrogen (secondary N) is 1. The van der Waals surface area contributed by atoms with Gasteiger partial charge in [-0.2, -0.15) is 0 Å². The maximum absolute atomic E-state index is 13.5.